The highest BCUT2D eigenvalue weighted by Gasteiger charge is 2.59. The minimum atomic E-state index is -1.44. The molecule has 0 saturated carbocycles. The molecule has 0 spiro atoms. The molecular weight excluding hydrogens is 941 g/mol. The molecule has 3 fully saturated rings. The summed E-state index contributed by atoms with van der Waals surface area (Å²) in [6.07, 6.45) is -0.662. The number of aryl methyl sites for hydroxylation is 1. The summed E-state index contributed by atoms with van der Waals surface area (Å²) in [6.45, 7) is 20.7. The van der Waals surface area contributed by atoms with Crippen molar-refractivity contribution in [3.8, 4) is 11.3 Å². The van der Waals surface area contributed by atoms with Crippen molar-refractivity contribution in [3.05, 3.63) is 30.5 Å². The van der Waals surface area contributed by atoms with Crippen LogP contribution in [-0.4, -0.2) is 172 Å². The number of amides is 1. The number of benzene rings is 1. The quantitative estimate of drug-likeness (QED) is 0.0508. The number of methoxy groups -OCH3 is 1. The molecule has 1 amide bonds. The SMILES string of the molecule is CC[C@H]1OC(=O)[C@H](C)C(=O)[C@H](C)[C@@H](O[C@@H]2O[C@H](C)CC(N(C)C)C2O)[C@](C)(OC)C[C@@H](C)CN[C@H](CCN[C@H](CC(C)=O)C(=O)OC(C)(C)C)[C@H]2N(CCCCn3cc(-c4cccc(N)c4)nn3)C(=O)O[C@]12C. The Labute approximate surface area is 432 Å². The van der Waals surface area contributed by atoms with Gasteiger partial charge in [0.2, 0.25) is 0 Å². The van der Waals surface area contributed by atoms with Gasteiger partial charge in [-0.05, 0) is 139 Å². The Balaban J connectivity index is 1.52. The number of carbonyl (C=O) groups is 5. The van der Waals surface area contributed by atoms with Crippen molar-refractivity contribution in [2.75, 3.05) is 46.6 Å². The van der Waals surface area contributed by atoms with Gasteiger partial charge in [0, 0.05) is 55.9 Å². The number of hydrogen-bond donors (Lipinski definition) is 4. The summed E-state index contributed by atoms with van der Waals surface area (Å²) in [7, 11) is 5.32. The molecule has 1 aromatic carbocycles. The molecule has 5 rings (SSSR count). The monoisotopic (exact) mass is 1030 g/mol. The molecule has 0 bridgehead atoms. The van der Waals surface area contributed by atoms with Crippen LogP contribution in [0.3, 0.4) is 0 Å². The van der Waals surface area contributed by atoms with E-state index >= 15 is 0 Å². The van der Waals surface area contributed by atoms with Crippen LogP contribution in [0.1, 0.15) is 121 Å². The molecule has 3 aliphatic heterocycles. The first-order valence-electron chi connectivity index (χ1n) is 26.1. The second kappa shape index (κ2) is 25.3. The number of hydrogen-bond acceptors (Lipinski definition) is 18. The fourth-order valence-corrected chi connectivity index (χ4v) is 10.8. The molecule has 14 atom stereocenters. The molecule has 410 valence electrons. The third kappa shape index (κ3) is 15.1. The Morgan fingerprint density at radius 2 is 1.79 bits per heavy atom. The number of aromatic nitrogens is 3. The minimum Gasteiger partial charge on any atom is -0.459 e. The van der Waals surface area contributed by atoms with Crippen LogP contribution in [0.4, 0.5) is 10.5 Å². The number of nitrogens with zero attached hydrogens (tertiary/aromatic N) is 5. The molecule has 2 unspecified atom stereocenters. The third-order valence-electron chi connectivity index (χ3n) is 14.7. The van der Waals surface area contributed by atoms with Crippen LogP contribution in [0.2, 0.25) is 0 Å². The van der Waals surface area contributed by atoms with E-state index in [9.17, 15) is 29.1 Å². The summed E-state index contributed by atoms with van der Waals surface area (Å²) >= 11 is 0. The van der Waals surface area contributed by atoms with Crippen LogP contribution in [0, 0.1) is 17.8 Å². The van der Waals surface area contributed by atoms with Crippen molar-refractivity contribution in [1.82, 2.24) is 35.4 Å². The zero-order valence-corrected chi connectivity index (χ0v) is 45.8. The van der Waals surface area contributed by atoms with E-state index in [0.29, 0.717) is 56.6 Å². The molecule has 2 aromatic rings. The molecule has 5 N–H and O–H groups in total. The van der Waals surface area contributed by atoms with E-state index in [0.717, 1.165) is 5.56 Å². The molecule has 73 heavy (non-hydrogen) atoms. The fourth-order valence-electron chi connectivity index (χ4n) is 10.8. The molecule has 1 aromatic heterocycles. The zero-order valence-electron chi connectivity index (χ0n) is 45.8. The van der Waals surface area contributed by atoms with E-state index in [2.05, 4.69) is 20.9 Å². The number of Topliss-reactive ketones (excluding diaryl/α,β-unsaturated/α-hetero) is 2. The Kier molecular flexibility index (Phi) is 20.6. The first-order valence-corrected chi connectivity index (χ1v) is 26.1. The number of aliphatic hydroxyl groups is 1. The number of fused-ring (bicyclic) bond motifs is 1. The number of rotatable bonds is 18. The highest BCUT2D eigenvalue weighted by atomic mass is 16.7. The number of nitrogens with two attached hydrogens (primary N) is 1. The normalized spacial score (nSPS) is 32.3. The Morgan fingerprint density at radius 1 is 1.10 bits per heavy atom. The van der Waals surface area contributed by atoms with Crippen LogP contribution < -0.4 is 16.4 Å². The van der Waals surface area contributed by atoms with E-state index < -0.39 is 95.2 Å². The van der Waals surface area contributed by atoms with Gasteiger partial charge in [-0.15, -0.1) is 5.10 Å². The Hall–Kier alpha value is -4.57. The first kappa shape index (κ1) is 59.3. The fraction of sp³-hybridized carbons (Fsp3) is 0.755. The standard InChI is InChI=1S/C53H86N8O12/c1-15-42-53(11)45(61(50(67)73-53)24-17-16-23-60-30-40(57-58-60)36-19-18-20-37(54)27-36)38(21-22-55-39(25-32(3)62)48(66)72-51(7,8)9)56-29-31(2)28-52(10,68-14)46(34(5)43(63)35(6)47(65)70-42)71-49-44(64)41(59(12)13)26-33(4)69-49/h18-20,27,30-31,33-35,38-39,41-42,44-46,49,55-56,64H,15-17,21-26,28-29,54H2,1-14H3/t31-,33-,34+,35-,38-,39-,41?,42-,44?,45-,46-,49+,52-,53-/m1/s1. The predicted octanol–water partition coefficient (Wildman–Crippen LogP) is 4.93. The predicted molar refractivity (Wildman–Crippen MR) is 274 cm³/mol. The summed E-state index contributed by atoms with van der Waals surface area (Å²) in [5.74, 6) is -4.40. The van der Waals surface area contributed by atoms with Crippen molar-refractivity contribution in [2.45, 2.75) is 199 Å². The average Bonchev–Trinajstić information content (AvgIpc) is 3.89. The summed E-state index contributed by atoms with van der Waals surface area (Å²) in [4.78, 5) is 73.1. The number of likely N-dealkylation sites (N-methyl/N-ethyl adjacent to an activating group) is 1. The number of nitrogens with one attached hydrogen (secondary N) is 2. The largest absolute Gasteiger partial charge is 0.459 e. The Bertz CT molecular complexity index is 2190. The van der Waals surface area contributed by atoms with Crippen molar-refractivity contribution in [1.29, 1.82) is 0 Å². The topological polar surface area (TPSA) is 248 Å². The number of unbranched alkanes of at least 4 members (excludes halogenated alkanes) is 1. The van der Waals surface area contributed by atoms with Gasteiger partial charge in [-0.25, -0.2) is 4.79 Å². The lowest BCUT2D eigenvalue weighted by molar-refractivity contribution is -0.295. The van der Waals surface area contributed by atoms with Crippen molar-refractivity contribution >= 4 is 35.3 Å². The molecule has 4 heterocycles. The molecule has 20 nitrogen and oxygen atoms in total. The van der Waals surface area contributed by atoms with E-state index in [4.69, 9.17) is 34.2 Å². The summed E-state index contributed by atoms with van der Waals surface area (Å²) < 4.78 is 39.5. The first-order chi connectivity index (χ1) is 34.2. The molecular formula is C53H86N8O12. The smallest absolute Gasteiger partial charge is 0.410 e. The molecule has 3 saturated heterocycles. The van der Waals surface area contributed by atoms with E-state index in [-0.39, 0.29) is 49.8 Å². The number of esters is 2. The number of cyclic esters (lactones) is 1. The molecule has 20 heteroatoms. The second-order valence-corrected chi connectivity index (χ2v) is 22.3. The van der Waals surface area contributed by atoms with Crippen LogP contribution in [0.15, 0.2) is 30.5 Å². The van der Waals surface area contributed by atoms with Gasteiger partial charge in [-0.3, -0.25) is 28.8 Å². The number of ether oxygens (including phenoxy) is 6. The molecule has 0 aliphatic carbocycles. The van der Waals surface area contributed by atoms with Gasteiger partial charge in [0.05, 0.1) is 30.0 Å². The van der Waals surface area contributed by atoms with Crippen LogP contribution in [0.25, 0.3) is 11.3 Å². The summed E-state index contributed by atoms with van der Waals surface area (Å²) in [5.41, 5.74) is 4.75. The lowest BCUT2D eigenvalue weighted by atomic mass is 9.78. The number of carbonyl (C=O) groups excluding carboxylic acids is 5. The van der Waals surface area contributed by atoms with Crippen LogP contribution >= 0.6 is 0 Å². The lowest BCUT2D eigenvalue weighted by Gasteiger charge is -2.46. The summed E-state index contributed by atoms with van der Waals surface area (Å²) in [6, 6.07) is 4.87. The van der Waals surface area contributed by atoms with Crippen molar-refractivity contribution in [2.24, 2.45) is 17.8 Å². The van der Waals surface area contributed by atoms with Crippen molar-refractivity contribution < 1.29 is 57.5 Å². The van der Waals surface area contributed by atoms with E-state index in [1.54, 1.807) is 57.4 Å². The summed E-state index contributed by atoms with van der Waals surface area (Å²) in [5, 5.41) is 27.4. The number of ketones is 2. The number of nitrogen functional groups attached to an aromatic ring is 1. The average molecular weight is 1030 g/mol. The molecule has 0 radical (unpaired) electrons. The maximum absolute atomic E-state index is 14.7. The van der Waals surface area contributed by atoms with Gasteiger partial charge in [-0.1, -0.05) is 38.1 Å². The second-order valence-electron chi connectivity index (χ2n) is 22.3. The van der Waals surface area contributed by atoms with Gasteiger partial charge in [-0.2, -0.15) is 0 Å². The van der Waals surface area contributed by atoms with Gasteiger partial charge in [0.1, 0.15) is 41.2 Å². The van der Waals surface area contributed by atoms with Crippen molar-refractivity contribution in [3.63, 3.8) is 0 Å². The Morgan fingerprint density at radius 3 is 2.42 bits per heavy atom. The number of anilines is 1. The lowest BCUT2D eigenvalue weighted by Crippen LogP contribution is -2.62. The van der Waals surface area contributed by atoms with E-state index in [1.807, 2.05) is 71.1 Å². The van der Waals surface area contributed by atoms with Gasteiger partial charge < -0.3 is 54.8 Å². The molecule has 3 aliphatic rings. The highest BCUT2D eigenvalue weighted by Crippen LogP contribution is 2.41. The van der Waals surface area contributed by atoms with Gasteiger partial charge >= 0.3 is 18.0 Å². The maximum atomic E-state index is 14.7. The van der Waals surface area contributed by atoms with Crippen LogP contribution in [0.5, 0.6) is 0 Å². The number of aliphatic hydroxyl groups excluding tert-OH is 1. The highest BCUT2D eigenvalue weighted by molar-refractivity contribution is 6.00. The van der Waals surface area contributed by atoms with Gasteiger partial charge in [0.15, 0.2) is 17.7 Å². The minimum absolute atomic E-state index is 0.0920. The van der Waals surface area contributed by atoms with Gasteiger partial charge in [0.25, 0.3) is 0 Å². The zero-order chi connectivity index (χ0) is 54.2. The maximum Gasteiger partial charge on any atom is 0.410 e. The third-order valence-corrected chi connectivity index (χ3v) is 14.7. The van der Waals surface area contributed by atoms with E-state index in [1.165, 1.54) is 13.8 Å². The van der Waals surface area contributed by atoms with Crippen LogP contribution in [-0.2, 0) is 54.1 Å².